The summed E-state index contributed by atoms with van der Waals surface area (Å²) < 4.78 is 45.1. The topological polar surface area (TPSA) is 47.0 Å². The molecule has 0 aliphatic heterocycles. The third-order valence-corrected chi connectivity index (χ3v) is 3.29. The molecule has 4 nitrogen and oxygen atoms in total. The average Bonchev–Trinajstić information content (AvgIpc) is 2.79. The molecule has 0 spiro atoms. The Morgan fingerprint density at radius 2 is 2.05 bits per heavy atom. The molecule has 0 amide bonds. The number of rotatable bonds is 5. The number of nitrogens with zero attached hydrogens (tertiary/aromatic N) is 2. The van der Waals surface area contributed by atoms with Gasteiger partial charge in [0.2, 0.25) is 0 Å². The molecule has 1 aromatic carbocycles. The number of halogens is 3. The van der Waals surface area contributed by atoms with Crippen LogP contribution in [0.5, 0.6) is 5.75 Å². The van der Waals surface area contributed by atoms with E-state index in [0.29, 0.717) is 12.2 Å². The summed E-state index contributed by atoms with van der Waals surface area (Å²) in [6, 6.07) is 6.50. The first-order valence-corrected chi connectivity index (χ1v) is 6.53. The van der Waals surface area contributed by atoms with Crippen molar-refractivity contribution in [2.24, 2.45) is 0 Å². The van der Waals surface area contributed by atoms with Gasteiger partial charge >= 0.3 is 6.18 Å². The van der Waals surface area contributed by atoms with Gasteiger partial charge in [-0.05, 0) is 30.6 Å². The minimum absolute atomic E-state index is 0.167. The lowest BCUT2D eigenvalue weighted by Gasteiger charge is -2.14. The number of ether oxygens (including phenoxy) is 1. The number of aryl methyl sites for hydroxylation is 1. The first-order valence-electron chi connectivity index (χ1n) is 5.76. The molecule has 20 heavy (non-hydrogen) atoms. The van der Waals surface area contributed by atoms with Gasteiger partial charge in [-0.15, -0.1) is 5.10 Å². The van der Waals surface area contributed by atoms with Crippen molar-refractivity contribution in [1.29, 1.82) is 0 Å². The molecule has 8 heteroatoms. The maximum atomic E-state index is 12.2. The van der Waals surface area contributed by atoms with Gasteiger partial charge in [0.15, 0.2) is 6.61 Å². The fraction of sp³-hybridized carbons (Fsp3) is 0.333. The van der Waals surface area contributed by atoms with Gasteiger partial charge in [-0.3, -0.25) is 0 Å². The van der Waals surface area contributed by atoms with E-state index in [1.165, 1.54) is 17.6 Å². The standard InChI is InChI=1S/C12H12F3N3OS/c1-8-11(20-18-17-8)6-16-9-4-2-3-5-10(9)19-7-12(13,14)15/h2-5,16H,6-7H2,1H3. The van der Waals surface area contributed by atoms with E-state index in [2.05, 4.69) is 14.9 Å². The monoisotopic (exact) mass is 303 g/mol. The highest BCUT2D eigenvalue weighted by molar-refractivity contribution is 7.05. The van der Waals surface area contributed by atoms with Crippen LogP contribution in [0, 0.1) is 6.92 Å². The summed E-state index contributed by atoms with van der Waals surface area (Å²) >= 11 is 1.25. The number of aromatic nitrogens is 2. The third-order valence-electron chi connectivity index (χ3n) is 2.46. The van der Waals surface area contributed by atoms with Crippen molar-refractivity contribution < 1.29 is 17.9 Å². The molecule has 1 aromatic heterocycles. The second-order valence-corrected chi connectivity index (χ2v) is 4.87. The lowest BCUT2D eigenvalue weighted by Crippen LogP contribution is -2.19. The zero-order valence-corrected chi connectivity index (χ0v) is 11.4. The highest BCUT2D eigenvalue weighted by atomic mass is 32.1. The van der Waals surface area contributed by atoms with Crippen LogP contribution in [0.3, 0.4) is 0 Å². The number of hydrogen-bond donors (Lipinski definition) is 1. The van der Waals surface area contributed by atoms with E-state index in [1.807, 2.05) is 6.92 Å². The molecule has 0 atom stereocenters. The maximum absolute atomic E-state index is 12.2. The Morgan fingerprint density at radius 3 is 2.70 bits per heavy atom. The predicted molar refractivity (Wildman–Crippen MR) is 70.0 cm³/mol. The number of hydrogen-bond acceptors (Lipinski definition) is 5. The molecule has 0 fully saturated rings. The number of benzene rings is 1. The van der Waals surface area contributed by atoms with Crippen molar-refractivity contribution in [3.05, 3.63) is 34.8 Å². The Morgan fingerprint density at radius 1 is 1.30 bits per heavy atom. The third kappa shape index (κ3) is 4.09. The van der Waals surface area contributed by atoms with Crippen LogP contribution in [0.1, 0.15) is 10.6 Å². The van der Waals surface area contributed by atoms with E-state index in [0.717, 1.165) is 10.6 Å². The molecule has 2 rings (SSSR count). The molecular formula is C12H12F3N3OS. The van der Waals surface area contributed by atoms with Crippen LogP contribution in [0.2, 0.25) is 0 Å². The predicted octanol–water partition coefficient (Wildman–Crippen LogP) is 3.40. The molecular weight excluding hydrogens is 291 g/mol. The first-order chi connectivity index (χ1) is 9.46. The van der Waals surface area contributed by atoms with Crippen molar-refractivity contribution in [1.82, 2.24) is 9.59 Å². The number of nitrogens with one attached hydrogen (secondary N) is 1. The second kappa shape index (κ2) is 6.08. The van der Waals surface area contributed by atoms with Gasteiger partial charge in [0.1, 0.15) is 5.75 Å². The van der Waals surface area contributed by atoms with Crippen LogP contribution in [-0.4, -0.2) is 22.4 Å². The van der Waals surface area contributed by atoms with Crippen molar-refractivity contribution in [2.45, 2.75) is 19.6 Å². The fourth-order valence-corrected chi connectivity index (χ4v) is 2.06. The van der Waals surface area contributed by atoms with Crippen molar-refractivity contribution >= 4 is 17.2 Å². The minimum Gasteiger partial charge on any atom is -0.482 e. The van der Waals surface area contributed by atoms with E-state index in [1.54, 1.807) is 18.2 Å². The SMILES string of the molecule is Cc1nnsc1CNc1ccccc1OCC(F)(F)F. The zero-order valence-electron chi connectivity index (χ0n) is 10.6. The van der Waals surface area contributed by atoms with Gasteiger partial charge in [0.05, 0.1) is 22.8 Å². The average molecular weight is 303 g/mol. The molecule has 2 aromatic rings. The van der Waals surface area contributed by atoms with E-state index >= 15 is 0 Å². The van der Waals surface area contributed by atoms with E-state index in [9.17, 15) is 13.2 Å². The van der Waals surface area contributed by atoms with Gasteiger partial charge in [0.25, 0.3) is 0 Å². The Balaban J connectivity index is 2.02. The number of alkyl halides is 3. The van der Waals surface area contributed by atoms with Crippen LogP contribution >= 0.6 is 11.5 Å². The summed E-state index contributed by atoms with van der Waals surface area (Å²) in [5.41, 5.74) is 1.31. The summed E-state index contributed by atoms with van der Waals surface area (Å²) in [7, 11) is 0. The molecule has 1 N–H and O–H groups in total. The van der Waals surface area contributed by atoms with Crippen molar-refractivity contribution in [3.63, 3.8) is 0 Å². The van der Waals surface area contributed by atoms with Crippen LogP contribution < -0.4 is 10.1 Å². The fourth-order valence-electron chi connectivity index (χ4n) is 1.49. The summed E-state index contributed by atoms with van der Waals surface area (Å²) in [5, 5.41) is 6.90. The molecule has 108 valence electrons. The number of para-hydroxylation sites is 2. The number of anilines is 1. The Bertz CT molecular complexity index is 571. The Hall–Kier alpha value is -1.83. The lowest BCUT2D eigenvalue weighted by molar-refractivity contribution is -0.153. The smallest absolute Gasteiger partial charge is 0.422 e. The van der Waals surface area contributed by atoms with E-state index in [-0.39, 0.29) is 5.75 Å². The molecule has 0 unspecified atom stereocenters. The first kappa shape index (κ1) is 14.6. The summed E-state index contributed by atoms with van der Waals surface area (Å²) in [5.74, 6) is 0.167. The molecule has 0 saturated carbocycles. The minimum atomic E-state index is -4.36. The lowest BCUT2D eigenvalue weighted by atomic mass is 10.3. The molecule has 0 bridgehead atoms. The normalized spacial score (nSPS) is 11.4. The van der Waals surface area contributed by atoms with Gasteiger partial charge in [-0.1, -0.05) is 16.6 Å². The van der Waals surface area contributed by atoms with E-state index in [4.69, 9.17) is 4.74 Å². The highest BCUT2D eigenvalue weighted by Crippen LogP contribution is 2.27. The summed E-state index contributed by atoms with van der Waals surface area (Å²) in [4.78, 5) is 0.927. The van der Waals surface area contributed by atoms with Crippen molar-refractivity contribution in [2.75, 3.05) is 11.9 Å². The van der Waals surface area contributed by atoms with E-state index < -0.39 is 12.8 Å². The Kier molecular flexibility index (Phi) is 4.43. The van der Waals surface area contributed by atoms with Crippen LogP contribution in [0.25, 0.3) is 0 Å². The molecule has 0 aliphatic carbocycles. The molecule has 0 radical (unpaired) electrons. The van der Waals surface area contributed by atoms with Gasteiger partial charge in [0, 0.05) is 0 Å². The summed E-state index contributed by atoms with van der Waals surface area (Å²) in [6.45, 7) is 0.954. The largest absolute Gasteiger partial charge is 0.482 e. The van der Waals surface area contributed by atoms with Gasteiger partial charge in [-0.25, -0.2) is 0 Å². The molecule has 1 heterocycles. The maximum Gasteiger partial charge on any atom is 0.422 e. The molecule has 0 saturated heterocycles. The van der Waals surface area contributed by atoms with Gasteiger partial charge < -0.3 is 10.1 Å². The Labute approximate surface area is 117 Å². The van der Waals surface area contributed by atoms with Crippen LogP contribution in [0.15, 0.2) is 24.3 Å². The van der Waals surface area contributed by atoms with Gasteiger partial charge in [-0.2, -0.15) is 13.2 Å². The summed E-state index contributed by atoms with van der Waals surface area (Å²) in [6.07, 6.45) is -4.36. The zero-order chi connectivity index (χ0) is 14.6. The quantitative estimate of drug-likeness (QED) is 0.919. The highest BCUT2D eigenvalue weighted by Gasteiger charge is 2.28. The van der Waals surface area contributed by atoms with Crippen molar-refractivity contribution in [3.8, 4) is 5.75 Å². The van der Waals surface area contributed by atoms with Crippen LogP contribution in [-0.2, 0) is 6.54 Å². The molecule has 0 aliphatic rings. The second-order valence-electron chi connectivity index (χ2n) is 4.04. The van der Waals surface area contributed by atoms with Crippen LogP contribution in [0.4, 0.5) is 18.9 Å².